The first-order valence-corrected chi connectivity index (χ1v) is 8.19. The number of anilines is 1. The molecule has 24 heavy (non-hydrogen) atoms. The summed E-state index contributed by atoms with van der Waals surface area (Å²) in [5, 5.41) is 25.9. The summed E-state index contributed by atoms with van der Waals surface area (Å²) in [5.41, 5.74) is 1.26. The fourth-order valence-electron chi connectivity index (χ4n) is 1.98. The van der Waals surface area contributed by atoms with Crippen LogP contribution in [-0.4, -0.2) is 23.5 Å². The molecule has 0 radical (unpaired) electrons. The van der Waals surface area contributed by atoms with Gasteiger partial charge in [-0.3, -0.25) is 9.59 Å². The SMILES string of the molecule is Cc1ccsc1C(O)CNC(=O)C(=O)Nc1cc(Cl)ccc1C#N. The number of hydrogen-bond acceptors (Lipinski definition) is 5. The van der Waals surface area contributed by atoms with Crippen LogP contribution in [0.4, 0.5) is 5.69 Å². The van der Waals surface area contributed by atoms with Gasteiger partial charge in [0.05, 0.1) is 11.3 Å². The molecule has 6 nitrogen and oxygen atoms in total. The van der Waals surface area contributed by atoms with Crippen molar-refractivity contribution in [3.63, 3.8) is 0 Å². The van der Waals surface area contributed by atoms with E-state index in [0.717, 1.165) is 10.4 Å². The number of aryl methyl sites for hydroxylation is 1. The molecule has 0 aliphatic carbocycles. The minimum atomic E-state index is -0.941. The average molecular weight is 364 g/mol. The molecule has 0 aliphatic heterocycles. The number of aliphatic hydroxyl groups is 1. The van der Waals surface area contributed by atoms with Gasteiger partial charge in [-0.15, -0.1) is 11.3 Å². The smallest absolute Gasteiger partial charge is 0.313 e. The quantitative estimate of drug-likeness (QED) is 0.725. The zero-order valence-corrected chi connectivity index (χ0v) is 14.2. The molecule has 124 valence electrons. The first-order chi connectivity index (χ1) is 11.4. The van der Waals surface area contributed by atoms with Gasteiger partial charge in [-0.25, -0.2) is 0 Å². The second kappa shape index (κ2) is 7.93. The van der Waals surface area contributed by atoms with E-state index in [1.54, 1.807) is 0 Å². The fraction of sp³-hybridized carbons (Fsp3) is 0.188. The number of nitriles is 1. The van der Waals surface area contributed by atoms with Crippen molar-refractivity contribution in [2.75, 3.05) is 11.9 Å². The van der Waals surface area contributed by atoms with Gasteiger partial charge in [0.25, 0.3) is 0 Å². The maximum absolute atomic E-state index is 11.9. The molecular formula is C16H14ClN3O3S. The van der Waals surface area contributed by atoms with Crippen molar-refractivity contribution in [3.05, 3.63) is 50.7 Å². The second-order valence-corrected chi connectivity index (χ2v) is 6.33. The summed E-state index contributed by atoms with van der Waals surface area (Å²) in [4.78, 5) is 24.5. The summed E-state index contributed by atoms with van der Waals surface area (Å²) in [5.74, 6) is -1.85. The van der Waals surface area contributed by atoms with Crippen molar-refractivity contribution in [2.45, 2.75) is 13.0 Å². The number of nitrogens with zero attached hydrogens (tertiary/aromatic N) is 1. The summed E-state index contributed by atoms with van der Waals surface area (Å²) in [6.45, 7) is 1.76. The Morgan fingerprint density at radius 3 is 2.75 bits per heavy atom. The van der Waals surface area contributed by atoms with E-state index in [2.05, 4.69) is 10.6 Å². The monoisotopic (exact) mass is 363 g/mol. The topological polar surface area (TPSA) is 102 Å². The highest BCUT2D eigenvalue weighted by Crippen LogP contribution is 2.23. The van der Waals surface area contributed by atoms with Crippen molar-refractivity contribution >= 4 is 40.4 Å². The highest BCUT2D eigenvalue weighted by Gasteiger charge is 2.18. The van der Waals surface area contributed by atoms with Gasteiger partial charge in [0, 0.05) is 16.4 Å². The van der Waals surface area contributed by atoms with Crippen molar-refractivity contribution in [1.82, 2.24) is 5.32 Å². The number of halogens is 1. The molecule has 1 aromatic heterocycles. The number of carbonyl (C=O) groups excluding carboxylic acids is 2. The van der Waals surface area contributed by atoms with Crippen LogP contribution in [0.5, 0.6) is 0 Å². The third-order valence-electron chi connectivity index (χ3n) is 3.22. The molecule has 0 fully saturated rings. The van der Waals surface area contributed by atoms with E-state index in [1.165, 1.54) is 29.5 Å². The fourth-order valence-corrected chi connectivity index (χ4v) is 3.07. The van der Waals surface area contributed by atoms with Crippen LogP contribution in [0.25, 0.3) is 0 Å². The number of aliphatic hydroxyl groups excluding tert-OH is 1. The van der Waals surface area contributed by atoms with E-state index in [4.69, 9.17) is 16.9 Å². The Morgan fingerprint density at radius 2 is 2.12 bits per heavy atom. The van der Waals surface area contributed by atoms with Crippen LogP contribution < -0.4 is 10.6 Å². The molecular weight excluding hydrogens is 350 g/mol. The van der Waals surface area contributed by atoms with Gasteiger partial charge < -0.3 is 15.7 Å². The molecule has 2 aromatic rings. The molecule has 0 spiro atoms. The third kappa shape index (κ3) is 4.32. The lowest BCUT2D eigenvalue weighted by Crippen LogP contribution is -2.37. The summed E-state index contributed by atoms with van der Waals surface area (Å²) in [7, 11) is 0. The van der Waals surface area contributed by atoms with E-state index in [0.29, 0.717) is 5.02 Å². The molecule has 1 unspecified atom stereocenters. The van der Waals surface area contributed by atoms with Crippen molar-refractivity contribution in [3.8, 4) is 6.07 Å². The summed E-state index contributed by atoms with van der Waals surface area (Å²) in [6, 6.07) is 8.10. The van der Waals surface area contributed by atoms with Gasteiger partial charge in [-0.05, 0) is 42.1 Å². The molecule has 1 aromatic carbocycles. The van der Waals surface area contributed by atoms with Crippen LogP contribution in [0.1, 0.15) is 22.1 Å². The van der Waals surface area contributed by atoms with Crippen molar-refractivity contribution in [1.29, 1.82) is 5.26 Å². The average Bonchev–Trinajstić information content (AvgIpc) is 2.98. The normalized spacial score (nSPS) is 11.4. The van der Waals surface area contributed by atoms with Crippen molar-refractivity contribution in [2.24, 2.45) is 0 Å². The molecule has 0 saturated carbocycles. The Bertz CT molecular complexity index is 813. The third-order valence-corrected chi connectivity index (χ3v) is 4.57. The first kappa shape index (κ1) is 17.9. The van der Waals surface area contributed by atoms with Crippen LogP contribution in [0.2, 0.25) is 5.02 Å². The Morgan fingerprint density at radius 1 is 1.38 bits per heavy atom. The molecule has 1 heterocycles. The molecule has 8 heteroatoms. The van der Waals surface area contributed by atoms with E-state index in [1.807, 2.05) is 24.4 Å². The first-order valence-electron chi connectivity index (χ1n) is 6.93. The lowest BCUT2D eigenvalue weighted by molar-refractivity contribution is -0.136. The number of nitrogens with one attached hydrogen (secondary N) is 2. The van der Waals surface area contributed by atoms with Gasteiger partial charge in [0.15, 0.2) is 0 Å². The Balaban J connectivity index is 1.96. The highest BCUT2D eigenvalue weighted by atomic mass is 35.5. The summed E-state index contributed by atoms with van der Waals surface area (Å²) < 4.78 is 0. The molecule has 0 saturated heterocycles. The predicted molar refractivity (Wildman–Crippen MR) is 91.8 cm³/mol. The Kier molecular flexibility index (Phi) is 5.93. The van der Waals surface area contributed by atoms with Crippen LogP contribution in [0.3, 0.4) is 0 Å². The van der Waals surface area contributed by atoms with E-state index in [-0.39, 0.29) is 17.8 Å². The molecule has 0 aliphatic rings. The zero-order chi connectivity index (χ0) is 17.7. The Labute approximate surface area is 147 Å². The molecule has 0 bridgehead atoms. The molecule has 2 amide bonds. The molecule has 3 N–H and O–H groups in total. The number of carbonyl (C=O) groups is 2. The number of benzene rings is 1. The number of thiophene rings is 1. The van der Waals surface area contributed by atoms with Crippen molar-refractivity contribution < 1.29 is 14.7 Å². The zero-order valence-electron chi connectivity index (χ0n) is 12.7. The van der Waals surface area contributed by atoms with Crippen LogP contribution in [0.15, 0.2) is 29.6 Å². The van der Waals surface area contributed by atoms with E-state index < -0.39 is 17.9 Å². The number of amides is 2. The van der Waals surface area contributed by atoms with Gasteiger partial charge in [0.2, 0.25) is 0 Å². The largest absolute Gasteiger partial charge is 0.386 e. The summed E-state index contributed by atoms with van der Waals surface area (Å²) >= 11 is 7.19. The number of rotatable bonds is 4. The van der Waals surface area contributed by atoms with Gasteiger partial charge >= 0.3 is 11.8 Å². The predicted octanol–water partition coefficient (Wildman–Crippen LogP) is 2.37. The lowest BCUT2D eigenvalue weighted by atomic mass is 10.2. The van der Waals surface area contributed by atoms with Crippen LogP contribution in [0, 0.1) is 18.3 Å². The van der Waals surface area contributed by atoms with Gasteiger partial charge in [-0.2, -0.15) is 5.26 Å². The standard InChI is InChI=1S/C16H14ClN3O3S/c1-9-4-5-24-14(9)13(21)8-19-15(22)16(23)20-12-6-11(17)3-2-10(12)7-18/h2-6,13,21H,8H2,1H3,(H,19,22)(H,20,23). The maximum Gasteiger partial charge on any atom is 0.313 e. The summed E-state index contributed by atoms with van der Waals surface area (Å²) in [6.07, 6.45) is -0.886. The second-order valence-electron chi connectivity index (χ2n) is 4.95. The van der Waals surface area contributed by atoms with Crippen LogP contribution in [-0.2, 0) is 9.59 Å². The van der Waals surface area contributed by atoms with Crippen LogP contribution >= 0.6 is 22.9 Å². The molecule has 2 rings (SSSR count). The van der Waals surface area contributed by atoms with Gasteiger partial charge in [0.1, 0.15) is 12.2 Å². The van der Waals surface area contributed by atoms with E-state index in [9.17, 15) is 14.7 Å². The molecule has 1 atom stereocenters. The number of hydrogen-bond donors (Lipinski definition) is 3. The van der Waals surface area contributed by atoms with Gasteiger partial charge in [-0.1, -0.05) is 11.6 Å². The Hall–Kier alpha value is -2.40. The lowest BCUT2D eigenvalue weighted by Gasteiger charge is -2.12. The minimum Gasteiger partial charge on any atom is -0.386 e. The van der Waals surface area contributed by atoms with E-state index >= 15 is 0 Å². The highest BCUT2D eigenvalue weighted by molar-refractivity contribution is 7.10. The minimum absolute atomic E-state index is 0.0890. The maximum atomic E-state index is 11.9.